The highest BCUT2D eigenvalue weighted by Crippen LogP contribution is 2.20. The maximum absolute atomic E-state index is 11.1. The van der Waals surface area contributed by atoms with Crippen LogP contribution in [0.25, 0.3) is 10.9 Å². The molecule has 1 amide bonds. The van der Waals surface area contributed by atoms with Crippen molar-refractivity contribution in [3.8, 4) is 0 Å². The predicted octanol–water partition coefficient (Wildman–Crippen LogP) is 1.87. The zero-order chi connectivity index (χ0) is 13.8. The van der Waals surface area contributed by atoms with Crippen LogP contribution < -0.4 is 5.32 Å². The molecule has 0 aliphatic heterocycles. The van der Waals surface area contributed by atoms with Gasteiger partial charge in [0.25, 0.3) is 0 Å². The largest absolute Gasteiger partial charge is 0.478 e. The Labute approximate surface area is 110 Å². The molecule has 2 aromatic rings. The van der Waals surface area contributed by atoms with Crippen molar-refractivity contribution >= 4 is 22.8 Å². The lowest BCUT2D eigenvalue weighted by atomic mass is 10.1. The van der Waals surface area contributed by atoms with Crippen molar-refractivity contribution in [3.63, 3.8) is 0 Å². The molecule has 0 aliphatic carbocycles. The van der Waals surface area contributed by atoms with Gasteiger partial charge < -0.3 is 15.0 Å². The van der Waals surface area contributed by atoms with Gasteiger partial charge in [0, 0.05) is 37.1 Å². The zero-order valence-corrected chi connectivity index (χ0v) is 10.7. The molecule has 5 nitrogen and oxygen atoms in total. The summed E-state index contributed by atoms with van der Waals surface area (Å²) in [5.74, 6) is -0.906. The highest BCUT2D eigenvalue weighted by molar-refractivity contribution is 6.02. The Morgan fingerprint density at radius 3 is 2.79 bits per heavy atom. The number of aryl methyl sites for hydroxylation is 1. The van der Waals surface area contributed by atoms with Crippen LogP contribution in [0, 0.1) is 0 Å². The molecule has 0 radical (unpaired) electrons. The fraction of sp³-hybridized carbons (Fsp3) is 0.286. The normalized spacial score (nSPS) is 10.6. The van der Waals surface area contributed by atoms with Crippen molar-refractivity contribution in [2.75, 3.05) is 7.05 Å². The number of carbonyl (C=O) groups is 2. The quantitative estimate of drug-likeness (QED) is 0.862. The minimum Gasteiger partial charge on any atom is -0.478 e. The average molecular weight is 260 g/mol. The Morgan fingerprint density at radius 2 is 2.11 bits per heavy atom. The van der Waals surface area contributed by atoms with E-state index in [9.17, 15) is 9.59 Å². The topological polar surface area (TPSA) is 71.3 Å². The molecule has 1 heterocycles. The minimum atomic E-state index is -0.922. The molecule has 2 rings (SSSR count). The van der Waals surface area contributed by atoms with Crippen molar-refractivity contribution in [2.45, 2.75) is 19.4 Å². The number of hydrogen-bond acceptors (Lipinski definition) is 2. The molecule has 0 unspecified atom stereocenters. The zero-order valence-electron chi connectivity index (χ0n) is 10.7. The molecule has 0 spiro atoms. The number of aromatic carboxylic acids is 1. The van der Waals surface area contributed by atoms with Crippen molar-refractivity contribution in [1.82, 2.24) is 9.88 Å². The van der Waals surface area contributed by atoms with E-state index in [1.807, 2.05) is 16.8 Å². The van der Waals surface area contributed by atoms with E-state index < -0.39 is 5.97 Å². The van der Waals surface area contributed by atoms with E-state index in [1.54, 1.807) is 25.2 Å². The number of carboxylic acid groups (broad SMARTS) is 1. The number of carboxylic acids is 1. The maximum atomic E-state index is 11.1. The number of carbonyl (C=O) groups excluding carboxylic acids is 1. The third-order valence-electron chi connectivity index (χ3n) is 3.13. The van der Waals surface area contributed by atoms with E-state index in [-0.39, 0.29) is 5.91 Å². The number of fused-ring (bicyclic) bond motifs is 1. The van der Waals surface area contributed by atoms with Crippen LogP contribution in [-0.2, 0) is 11.3 Å². The molecule has 0 fully saturated rings. The van der Waals surface area contributed by atoms with Gasteiger partial charge in [0.1, 0.15) is 0 Å². The van der Waals surface area contributed by atoms with Crippen LogP contribution in [-0.4, -0.2) is 28.6 Å². The summed E-state index contributed by atoms with van der Waals surface area (Å²) in [6.45, 7) is 0.694. The van der Waals surface area contributed by atoms with E-state index in [1.165, 1.54) is 0 Å². The Bertz CT molecular complexity index is 616. The molecule has 5 heteroatoms. The second kappa shape index (κ2) is 5.56. The number of nitrogens with one attached hydrogen (secondary N) is 1. The van der Waals surface area contributed by atoms with Crippen LogP contribution in [0.15, 0.2) is 30.5 Å². The molecule has 0 aliphatic rings. The van der Waals surface area contributed by atoms with E-state index in [2.05, 4.69) is 5.32 Å². The van der Waals surface area contributed by atoms with Crippen LogP contribution in [0.3, 0.4) is 0 Å². The summed E-state index contributed by atoms with van der Waals surface area (Å²) in [5.41, 5.74) is 1.19. The first-order chi connectivity index (χ1) is 9.13. The monoisotopic (exact) mass is 260 g/mol. The van der Waals surface area contributed by atoms with E-state index >= 15 is 0 Å². The third kappa shape index (κ3) is 2.76. The second-order valence-electron chi connectivity index (χ2n) is 4.33. The number of hydrogen-bond donors (Lipinski definition) is 2. The van der Waals surface area contributed by atoms with Gasteiger partial charge in [0.05, 0.1) is 5.56 Å². The van der Waals surface area contributed by atoms with Gasteiger partial charge in [0.2, 0.25) is 5.91 Å². The summed E-state index contributed by atoms with van der Waals surface area (Å²) < 4.78 is 1.98. The van der Waals surface area contributed by atoms with Gasteiger partial charge in [-0.1, -0.05) is 6.07 Å². The lowest BCUT2D eigenvalue weighted by molar-refractivity contribution is -0.120. The number of nitrogens with zero attached hydrogens (tertiary/aromatic N) is 1. The molecular weight excluding hydrogens is 244 g/mol. The van der Waals surface area contributed by atoms with Gasteiger partial charge in [-0.15, -0.1) is 0 Å². The first kappa shape index (κ1) is 13.1. The molecule has 0 saturated heterocycles. The van der Waals surface area contributed by atoms with Gasteiger partial charge in [0.15, 0.2) is 0 Å². The van der Waals surface area contributed by atoms with Crippen molar-refractivity contribution in [1.29, 1.82) is 0 Å². The molecule has 0 atom stereocenters. The summed E-state index contributed by atoms with van der Waals surface area (Å²) in [5, 5.41) is 12.4. The Kier molecular flexibility index (Phi) is 3.85. The fourth-order valence-electron chi connectivity index (χ4n) is 2.14. The van der Waals surface area contributed by atoms with Crippen LogP contribution in [0.1, 0.15) is 23.2 Å². The molecule has 0 saturated carbocycles. The highest BCUT2D eigenvalue weighted by atomic mass is 16.4. The number of amides is 1. The van der Waals surface area contributed by atoms with Crippen molar-refractivity contribution < 1.29 is 14.7 Å². The van der Waals surface area contributed by atoms with Gasteiger partial charge in [-0.05, 0) is 24.6 Å². The second-order valence-corrected chi connectivity index (χ2v) is 4.33. The predicted molar refractivity (Wildman–Crippen MR) is 72.2 cm³/mol. The smallest absolute Gasteiger partial charge is 0.336 e. The summed E-state index contributed by atoms with van der Waals surface area (Å²) in [6, 6.07) is 7.03. The first-order valence-corrected chi connectivity index (χ1v) is 6.15. The molecule has 2 N–H and O–H groups in total. The molecule has 1 aromatic carbocycles. The summed E-state index contributed by atoms with van der Waals surface area (Å²) in [6.07, 6.45) is 3.05. The molecule has 19 heavy (non-hydrogen) atoms. The summed E-state index contributed by atoms with van der Waals surface area (Å²) in [7, 11) is 1.62. The lowest BCUT2D eigenvalue weighted by Crippen LogP contribution is -2.17. The van der Waals surface area contributed by atoms with Crippen LogP contribution in [0.2, 0.25) is 0 Å². The molecule has 1 aromatic heterocycles. The lowest BCUT2D eigenvalue weighted by Gasteiger charge is -2.05. The van der Waals surface area contributed by atoms with Crippen molar-refractivity contribution in [3.05, 3.63) is 36.0 Å². The SMILES string of the molecule is CNC(=O)CCCn1ccc2c(C(=O)O)cccc21. The standard InChI is InChI=1S/C14H16N2O3/c1-15-13(17)6-3-8-16-9-7-10-11(14(18)19)4-2-5-12(10)16/h2,4-5,7,9H,3,6,8H2,1H3,(H,15,17)(H,18,19). The Hall–Kier alpha value is -2.30. The maximum Gasteiger partial charge on any atom is 0.336 e. The summed E-state index contributed by atoms with van der Waals surface area (Å²) in [4.78, 5) is 22.3. The van der Waals surface area contributed by atoms with Crippen LogP contribution >= 0.6 is 0 Å². The van der Waals surface area contributed by atoms with E-state index in [4.69, 9.17) is 5.11 Å². The summed E-state index contributed by atoms with van der Waals surface area (Å²) >= 11 is 0. The number of rotatable bonds is 5. The molecule has 0 bridgehead atoms. The van der Waals surface area contributed by atoms with Crippen molar-refractivity contribution in [2.24, 2.45) is 0 Å². The average Bonchev–Trinajstić information content (AvgIpc) is 2.81. The Morgan fingerprint density at radius 1 is 1.32 bits per heavy atom. The van der Waals surface area contributed by atoms with E-state index in [0.29, 0.717) is 18.5 Å². The fourth-order valence-corrected chi connectivity index (χ4v) is 2.14. The number of aromatic nitrogens is 1. The Balaban J connectivity index is 2.19. The first-order valence-electron chi connectivity index (χ1n) is 6.15. The minimum absolute atomic E-state index is 0.0164. The molecule has 100 valence electrons. The van der Waals surface area contributed by atoms with E-state index in [0.717, 1.165) is 17.3 Å². The number of benzene rings is 1. The third-order valence-corrected chi connectivity index (χ3v) is 3.13. The highest BCUT2D eigenvalue weighted by Gasteiger charge is 2.10. The van der Waals surface area contributed by atoms with Gasteiger partial charge in [-0.3, -0.25) is 4.79 Å². The van der Waals surface area contributed by atoms with Gasteiger partial charge in [-0.2, -0.15) is 0 Å². The van der Waals surface area contributed by atoms with Crippen LogP contribution in [0.4, 0.5) is 0 Å². The van der Waals surface area contributed by atoms with Gasteiger partial charge in [-0.25, -0.2) is 4.79 Å². The molecular formula is C14H16N2O3. The van der Waals surface area contributed by atoms with Gasteiger partial charge >= 0.3 is 5.97 Å². The van der Waals surface area contributed by atoms with Crippen LogP contribution in [0.5, 0.6) is 0 Å².